The summed E-state index contributed by atoms with van der Waals surface area (Å²) in [6.45, 7) is 13.8. The molecule has 0 bridgehead atoms. The summed E-state index contributed by atoms with van der Waals surface area (Å²) < 4.78 is 27.1. The number of rotatable bonds is 9. The maximum atomic E-state index is 15.0. The molecule has 4 heterocycles. The van der Waals surface area contributed by atoms with Crippen LogP contribution in [-0.2, 0) is 9.53 Å². The van der Waals surface area contributed by atoms with Crippen LogP contribution in [0.4, 0.5) is 20.9 Å². The molecular formula is C36H37FN8O3S. The number of nitrogen functional groups attached to an aromatic ring is 1. The first kappa shape index (κ1) is 32.7. The van der Waals surface area contributed by atoms with Gasteiger partial charge in [0.2, 0.25) is 11.6 Å². The molecule has 0 radical (unpaired) electrons. The molecule has 3 atom stereocenters. The second kappa shape index (κ2) is 12.6. The Balaban J connectivity index is 1.36. The van der Waals surface area contributed by atoms with Gasteiger partial charge in [-0.15, -0.1) is 11.3 Å². The molecule has 49 heavy (non-hydrogen) atoms. The van der Waals surface area contributed by atoms with Crippen LogP contribution in [0.3, 0.4) is 0 Å². The highest BCUT2D eigenvalue weighted by Crippen LogP contribution is 2.54. The number of nitrogens with two attached hydrogens (primary N) is 1. The Hall–Kier alpha value is -4.82. The molecule has 1 amide bonds. The number of methoxy groups -OCH3 is 1. The number of hydrogen-bond acceptors (Lipinski definition) is 10. The highest BCUT2D eigenvalue weighted by molar-refractivity contribution is 7.23. The van der Waals surface area contributed by atoms with Crippen LogP contribution < -0.4 is 15.4 Å². The molecule has 13 heteroatoms. The van der Waals surface area contributed by atoms with E-state index in [1.165, 1.54) is 25.0 Å². The molecule has 1 aliphatic carbocycles. The van der Waals surface area contributed by atoms with Crippen LogP contribution in [-0.4, -0.2) is 91.3 Å². The number of aromatic nitrogens is 2. The monoisotopic (exact) mass is 680 g/mol. The molecule has 2 saturated heterocycles. The Morgan fingerprint density at radius 3 is 2.80 bits per heavy atom. The van der Waals surface area contributed by atoms with Gasteiger partial charge in [-0.1, -0.05) is 12.6 Å². The predicted molar refractivity (Wildman–Crippen MR) is 188 cm³/mol. The molecule has 4 aromatic rings. The lowest BCUT2D eigenvalue weighted by atomic mass is 9.95. The molecule has 3 fully saturated rings. The third-order valence-electron chi connectivity index (χ3n) is 10.5. The fourth-order valence-corrected chi connectivity index (χ4v) is 8.72. The number of nitriles is 1. The Bertz CT molecular complexity index is 2080. The zero-order chi connectivity index (χ0) is 34.6. The van der Waals surface area contributed by atoms with Gasteiger partial charge in [-0.3, -0.25) is 9.69 Å². The number of thiophene rings is 1. The van der Waals surface area contributed by atoms with Crippen molar-refractivity contribution >= 4 is 54.7 Å². The molecule has 3 unspecified atom stereocenters. The molecule has 1 spiro atoms. The van der Waals surface area contributed by atoms with Crippen molar-refractivity contribution in [2.45, 2.75) is 43.8 Å². The van der Waals surface area contributed by atoms with Crippen molar-refractivity contribution in [1.82, 2.24) is 19.8 Å². The van der Waals surface area contributed by atoms with Crippen LogP contribution in [0.2, 0.25) is 0 Å². The first-order valence-electron chi connectivity index (χ1n) is 16.2. The van der Waals surface area contributed by atoms with Crippen molar-refractivity contribution in [2.75, 3.05) is 58.1 Å². The summed E-state index contributed by atoms with van der Waals surface area (Å²) in [6.07, 6.45) is 5.54. The third-order valence-corrected chi connectivity index (χ3v) is 11.5. The number of likely N-dealkylation sites (tertiary alicyclic amines) is 2. The molecule has 2 aromatic carbocycles. The number of likely N-dealkylation sites (N-methyl/N-ethyl adjacent to an activating group) is 2. The van der Waals surface area contributed by atoms with Gasteiger partial charge in [-0.25, -0.2) is 9.24 Å². The topological polar surface area (TPSA) is 125 Å². The smallest absolute Gasteiger partial charge is 0.319 e. The zero-order valence-corrected chi connectivity index (χ0v) is 28.5. The summed E-state index contributed by atoms with van der Waals surface area (Å²) in [6, 6.07) is 8.73. The van der Waals surface area contributed by atoms with Crippen molar-refractivity contribution < 1.29 is 18.7 Å². The summed E-state index contributed by atoms with van der Waals surface area (Å²) in [7, 11) is 5.65. The summed E-state index contributed by atoms with van der Waals surface area (Å²) in [5.74, 6) is -0.104. The van der Waals surface area contributed by atoms with E-state index in [4.69, 9.17) is 31.7 Å². The molecular weight excluding hydrogens is 644 g/mol. The van der Waals surface area contributed by atoms with E-state index in [-0.39, 0.29) is 45.4 Å². The summed E-state index contributed by atoms with van der Waals surface area (Å²) in [4.78, 5) is 32.3. The third kappa shape index (κ3) is 5.62. The molecule has 2 aromatic heterocycles. The minimum atomic E-state index is -0.484. The lowest BCUT2D eigenvalue weighted by Gasteiger charge is -2.33. The molecule has 2 N–H and O–H groups in total. The number of halogens is 1. The van der Waals surface area contributed by atoms with Gasteiger partial charge in [-0.2, -0.15) is 15.2 Å². The maximum Gasteiger partial charge on any atom is 0.319 e. The van der Waals surface area contributed by atoms with Gasteiger partial charge < -0.3 is 25.0 Å². The lowest BCUT2D eigenvalue weighted by Crippen LogP contribution is -2.48. The number of ether oxygens (including phenoxy) is 2. The second-order valence-corrected chi connectivity index (χ2v) is 14.4. The first-order chi connectivity index (χ1) is 23.6. The van der Waals surface area contributed by atoms with Crippen molar-refractivity contribution in [3.8, 4) is 23.2 Å². The molecule has 3 aliphatic rings. The van der Waals surface area contributed by atoms with E-state index >= 15 is 0 Å². The molecule has 2 aliphatic heterocycles. The van der Waals surface area contributed by atoms with Crippen LogP contribution in [0, 0.1) is 29.1 Å². The molecule has 7 rings (SSSR count). The quantitative estimate of drug-likeness (QED) is 0.174. The van der Waals surface area contributed by atoms with E-state index in [9.17, 15) is 14.4 Å². The molecule has 252 valence electrons. The number of benzene rings is 2. The van der Waals surface area contributed by atoms with E-state index in [0.29, 0.717) is 70.4 Å². The second-order valence-electron chi connectivity index (χ2n) is 13.4. The van der Waals surface area contributed by atoms with Crippen LogP contribution >= 0.6 is 11.3 Å². The Morgan fingerprint density at radius 1 is 1.33 bits per heavy atom. The largest absolute Gasteiger partial charge is 0.462 e. The summed E-state index contributed by atoms with van der Waals surface area (Å²) in [5.41, 5.74) is 8.54. The van der Waals surface area contributed by atoms with Crippen LogP contribution in [0.25, 0.3) is 37.0 Å². The number of carbonyl (C=O) groups excluding carboxylic acids is 1. The van der Waals surface area contributed by atoms with Gasteiger partial charge in [0.1, 0.15) is 18.2 Å². The van der Waals surface area contributed by atoms with Gasteiger partial charge >= 0.3 is 6.01 Å². The fourth-order valence-electron chi connectivity index (χ4n) is 7.78. The van der Waals surface area contributed by atoms with Crippen LogP contribution in [0.5, 0.6) is 6.01 Å². The highest BCUT2D eigenvalue weighted by Gasteiger charge is 2.51. The van der Waals surface area contributed by atoms with Crippen molar-refractivity contribution in [2.24, 2.45) is 5.41 Å². The van der Waals surface area contributed by atoms with E-state index in [0.717, 1.165) is 24.3 Å². The fraction of sp³-hybridized carbons (Fsp3) is 0.417. The first-order valence-corrected chi connectivity index (χ1v) is 17.1. The minimum Gasteiger partial charge on any atom is -0.462 e. The van der Waals surface area contributed by atoms with Gasteiger partial charge in [0.25, 0.3) is 0 Å². The SMILES string of the molecule is [C-]#[N+]c1c(N)sc2c(F)ccc(-c3cc4nc(OCC5CC6(CC6)CN5C)nc(N(C)C5CCN(C(=O)C=C)C5COC)c4cc3C#N)c12. The number of fused-ring (bicyclic) bond motifs is 2. The van der Waals surface area contributed by atoms with Crippen molar-refractivity contribution in [3.63, 3.8) is 0 Å². The van der Waals surface area contributed by atoms with Gasteiger partial charge in [0.15, 0.2) is 0 Å². The van der Waals surface area contributed by atoms with E-state index in [2.05, 4.69) is 29.4 Å². The normalized spacial score (nSPS) is 21.3. The number of nitrogens with zero attached hydrogens (tertiary/aromatic N) is 7. The van der Waals surface area contributed by atoms with Crippen LogP contribution in [0.1, 0.15) is 31.2 Å². The van der Waals surface area contributed by atoms with E-state index in [1.807, 2.05) is 11.9 Å². The van der Waals surface area contributed by atoms with Crippen LogP contribution in [0.15, 0.2) is 36.9 Å². The van der Waals surface area contributed by atoms with Gasteiger partial charge in [-0.05, 0) is 68.0 Å². The number of hydrogen-bond donors (Lipinski definition) is 1. The number of anilines is 2. The highest BCUT2D eigenvalue weighted by atomic mass is 32.1. The average molecular weight is 681 g/mol. The van der Waals surface area contributed by atoms with Crippen molar-refractivity contribution in [3.05, 3.63) is 59.7 Å². The Labute approximate surface area is 288 Å². The maximum absolute atomic E-state index is 15.0. The average Bonchev–Trinajstić information content (AvgIpc) is 3.40. The minimum absolute atomic E-state index is 0.156. The molecule has 11 nitrogen and oxygen atoms in total. The standard InChI is InChI=1S/C36H37FN8O3S/c1-6-29(46)45-12-9-27(28(45)18-47-5)44(4)34-24-13-20(16-38)23(22-7-8-25(37)32-30(22)31(40-2)33(39)49-32)14-26(24)41-35(42-34)48-17-21-15-36(10-11-36)19-43(21)3/h6-8,13-14,21,27-28H,1,9-12,15,17-19,39H2,3-5H3. The van der Waals surface area contributed by atoms with Gasteiger partial charge in [0.05, 0.1) is 52.1 Å². The Morgan fingerprint density at radius 2 is 2.12 bits per heavy atom. The predicted octanol–water partition coefficient (Wildman–Crippen LogP) is 5.76. The summed E-state index contributed by atoms with van der Waals surface area (Å²) >= 11 is 1.02. The zero-order valence-electron chi connectivity index (χ0n) is 27.7. The summed E-state index contributed by atoms with van der Waals surface area (Å²) in [5, 5.41) is 11.6. The van der Waals surface area contributed by atoms with Gasteiger partial charge in [0, 0.05) is 49.6 Å². The number of amides is 1. The van der Waals surface area contributed by atoms with E-state index < -0.39 is 5.82 Å². The van der Waals surface area contributed by atoms with E-state index in [1.54, 1.807) is 30.2 Å². The number of carbonyl (C=O) groups is 1. The van der Waals surface area contributed by atoms with Crippen molar-refractivity contribution in [1.29, 1.82) is 5.26 Å². The lowest BCUT2D eigenvalue weighted by molar-refractivity contribution is -0.127. The molecule has 1 saturated carbocycles. The Kier molecular flexibility index (Phi) is 8.39.